The van der Waals surface area contributed by atoms with Gasteiger partial charge in [-0.15, -0.1) is 0 Å². The van der Waals surface area contributed by atoms with Crippen LogP contribution in [-0.2, 0) is 38.8 Å². The van der Waals surface area contributed by atoms with Crippen molar-refractivity contribution in [2.75, 3.05) is 23.7 Å². The zero-order valence-electron chi connectivity index (χ0n) is 23.3. The summed E-state index contributed by atoms with van der Waals surface area (Å²) >= 11 is 6.40. The summed E-state index contributed by atoms with van der Waals surface area (Å²) in [5.41, 5.74) is 0.313. The minimum absolute atomic E-state index is 0.00533. The molecule has 0 heterocycles. The lowest BCUT2D eigenvalue weighted by molar-refractivity contribution is -0.141. The summed E-state index contributed by atoms with van der Waals surface area (Å²) in [5.74, 6) is -0.789. The molecule has 0 bridgehead atoms. The van der Waals surface area contributed by atoms with E-state index in [9.17, 15) is 31.2 Å². The third kappa shape index (κ3) is 9.22. The van der Waals surface area contributed by atoms with Crippen LogP contribution in [0, 0.1) is 0 Å². The fourth-order valence-corrected chi connectivity index (χ4v) is 5.65. The van der Waals surface area contributed by atoms with Crippen LogP contribution in [-0.4, -0.2) is 50.5 Å². The van der Waals surface area contributed by atoms with E-state index in [1.54, 1.807) is 31.2 Å². The molecule has 0 aromatic heterocycles. The summed E-state index contributed by atoms with van der Waals surface area (Å²) in [7, 11) is -3.97. The van der Waals surface area contributed by atoms with E-state index in [2.05, 4.69) is 5.32 Å². The Morgan fingerprint density at radius 2 is 1.64 bits per heavy atom. The fourth-order valence-electron chi connectivity index (χ4n) is 4.50. The molecule has 0 radical (unpaired) electrons. The van der Waals surface area contributed by atoms with Gasteiger partial charge in [-0.3, -0.25) is 13.9 Å². The lowest BCUT2D eigenvalue weighted by Gasteiger charge is -2.32. The largest absolute Gasteiger partial charge is 0.416 e. The van der Waals surface area contributed by atoms with Crippen molar-refractivity contribution in [3.8, 4) is 0 Å². The maximum Gasteiger partial charge on any atom is 0.416 e. The van der Waals surface area contributed by atoms with Crippen LogP contribution < -0.4 is 9.62 Å². The highest BCUT2D eigenvalue weighted by Crippen LogP contribution is 2.32. The van der Waals surface area contributed by atoms with E-state index in [4.69, 9.17) is 11.6 Å². The van der Waals surface area contributed by atoms with Crippen molar-refractivity contribution >= 4 is 39.1 Å². The number of hydrogen-bond donors (Lipinski definition) is 1. The Morgan fingerprint density at radius 3 is 2.26 bits per heavy atom. The van der Waals surface area contributed by atoms with Crippen LogP contribution in [0.5, 0.6) is 0 Å². The van der Waals surface area contributed by atoms with Gasteiger partial charge in [-0.2, -0.15) is 13.2 Å². The maximum atomic E-state index is 13.7. The zero-order valence-corrected chi connectivity index (χ0v) is 24.8. The number of carbonyl (C=O) groups is 2. The first-order chi connectivity index (χ1) is 19.8. The molecule has 0 aliphatic rings. The Morgan fingerprint density at radius 1 is 0.976 bits per heavy atom. The van der Waals surface area contributed by atoms with Crippen LogP contribution in [0.15, 0.2) is 78.9 Å². The highest BCUT2D eigenvalue weighted by Gasteiger charge is 2.33. The molecular weight excluding hydrogens is 591 g/mol. The van der Waals surface area contributed by atoms with Gasteiger partial charge in [0.25, 0.3) is 0 Å². The number of amides is 2. The van der Waals surface area contributed by atoms with Crippen molar-refractivity contribution in [1.29, 1.82) is 0 Å². The summed E-state index contributed by atoms with van der Waals surface area (Å²) in [6, 6.07) is 19.3. The monoisotopic (exact) mass is 623 g/mol. The third-order valence-corrected chi connectivity index (χ3v) is 8.10. The molecule has 0 spiro atoms. The molecule has 7 nitrogen and oxygen atoms in total. The summed E-state index contributed by atoms with van der Waals surface area (Å²) in [5, 5.41) is 3.20. The van der Waals surface area contributed by atoms with Gasteiger partial charge in [-0.05, 0) is 48.7 Å². The predicted molar refractivity (Wildman–Crippen MR) is 157 cm³/mol. The minimum Gasteiger partial charge on any atom is -0.355 e. The summed E-state index contributed by atoms with van der Waals surface area (Å²) in [6.45, 7) is 1.90. The van der Waals surface area contributed by atoms with E-state index in [1.165, 1.54) is 11.0 Å². The number of carbonyl (C=O) groups excluding carboxylic acids is 2. The van der Waals surface area contributed by atoms with Crippen molar-refractivity contribution < 1.29 is 31.2 Å². The van der Waals surface area contributed by atoms with Gasteiger partial charge in [-0.1, -0.05) is 66.2 Å². The Bertz CT molecular complexity index is 1470. The maximum absolute atomic E-state index is 13.7. The Balaban J connectivity index is 1.88. The number of alkyl halides is 3. The molecule has 12 heteroatoms. The van der Waals surface area contributed by atoms with Crippen molar-refractivity contribution in [2.45, 2.75) is 44.9 Å². The first-order valence-electron chi connectivity index (χ1n) is 13.3. The van der Waals surface area contributed by atoms with Gasteiger partial charge >= 0.3 is 6.18 Å². The van der Waals surface area contributed by atoms with Gasteiger partial charge in [0.05, 0.1) is 17.5 Å². The number of benzene rings is 3. The number of hydrogen-bond acceptors (Lipinski definition) is 4. The van der Waals surface area contributed by atoms with Crippen LogP contribution in [0.2, 0.25) is 5.02 Å². The van der Waals surface area contributed by atoms with Crippen molar-refractivity contribution in [3.63, 3.8) is 0 Å². The number of likely N-dealkylation sites (N-methyl/N-ethyl adjacent to an activating group) is 1. The minimum atomic E-state index is -4.65. The molecule has 0 unspecified atom stereocenters. The molecule has 0 saturated carbocycles. The molecule has 2 amide bonds. The van der Waals surface area contributed by atoms with Crippen LogP contribution in [0.1, 0.15) is 36.5 Å². The topological polar surface area (TPSA) is 86.8 Å². The second-order valence-corrected chi connectivity index (χ2v) is 12.0. The lowest BCUT2D eigenvalue weighted by atomic mass is 10.0. The predicted octanol–water partition coefficient (Wildman–Crippen LogP) is 5.68. The molecular formula is C30H33ClF3N3O4S. The van der Waals surface area contributed by atoms with Crippen LogP contribution in [0.4, 0.5) is 18.9 Å². The second kappa shape index (κ2) is 14.6. The van der Waals surface area contributed by atoms with Gasteiger partial charge in [0.2, 0.25) is 21.8 Å². The van der Waals surface area contributed by atoms with E-state index < -0.39 is 33.7 Å². The first-order valence-corrected chi connectivity index (χ1v) is 15.5. The highest BCUT2D eigenvalue weighted by molar-refractivity contribution is 7.92. The molecule has 3 rings (SSSR count). The summed E-state index contributed by atoms with van der Waals surface area (Å²) < 4.78 is 65.7. The van der Waals surface area contributed by atoms with Crippen LogP contribution >= 0.6 is 11.6 Å². The Hall–Kier alpha value is -3.57. The number of nitrogens with zero attached hydrogens (tertiary/aromatic N) is 2. The zero-order chi connectivity index (χ0) is 30.9. The molecule has 0 aliphatic carbocycles. The van der Waals surface area contributed by atoms with E-state index >= 15 is 0 Å². The Labute approximate surface area is 249 Å². The standard InChI is InChI=1S/C30H33ClF3N3O4S/c1-3-35-29(39)27(19-22-11-5-4-6-12-22)36(21-23-13-7-8-16-26(23)31)28(38)17-10-18-37(42(2,40)41)25-15-9-14-24(20-25)30(32,33)34/h4-9,11-16,20,27H,3,10,17-19,21H2,1-2H3,(H,35,39)/t27-/m0/s1. The molecule has 0 saturated heterocycles. The van der Waals surface area contributed by atoms with Crippen LogP contribution in [0.25, 0.3) is 0 Å². The van der Waals surface area contributed by atoms with Gasteiger partial charge in [0, 0.05) is 37.5 Å². The van der Waals surface area contributed by atoms with Crippen molar-refractivity contribution in [1.82, 2.24) is 10.2 Å². The number of anilines is 1. The lowest BCUT2D eigenvalue weighted by Crippen LogP contribution is -2.50. The van der Waals surface area contributed by atoms with Gasteiger partial charge in [0.15, 0.2) is 0 Å². The average molecular weight is 624 g/mol. The van der Waals surface area contributed by atoms with Gasteiger partial charge in [0.1, 0.15) is 6.04 Å². The highest BCUT2D eigenvalue weighted by atomic mass is 35.5. The van der Waals surface area contributed by atoms with E-state index in [1.807, 2.05) is 30.3 Å². The molecule has 226 valence electrons. The number of sulfonamides is 1. The molecule has 3 aromatic rings. The summed E-state index contributed by atoms with van der Waals surface area (Å²) in [4.78, 5) is 28.4. The normalized spacial score (nSPS) is 12.4. The van der Waals surface area contributed by atoms with E-state index in [0.717, 1.165) is 34.3 Å². The quantitative estimate of drug-likeness (QED) is 0.265. The molecule has 42 heavy (non-hydrogen) atoms. The van der Waals surface area contributed by atoms with Crippen LogP contribution in [0.3, 0.4) is 0 Å². The van der Waals surface area contributed by atoms with Gasteiger partial charge < -0.3 is 10.2 Å². The SMILES string of the molecule is CCNC(=O)[C@H](Cc1ccccc1)N(Cc1ccccc1Cl)C(=O)CCCN(c1cccc(C(F)(F)F)c1)S(C)(=O)=O. The van der Waals surface area contributed by atoms with Crippen molar-refractivity contribution in [2.24, 2.45) is 0 Å². The summed E-state index contributed by atoms with van der Waals surface area (Å²) in [6.07, 6.45) is -3.71. The molecule has 1 atom stereocenters. The molecule has 1 N–H and O–H groups in total. The van der Waals surface area contributed by atoms with E-state index in [0.29, 0.717) is 17.1 Å². The van der Waals surface area contributed by atoms with Gasteiger partial charge in [-0.25, -0.2) is 8.42 Å². The fraction of sp³-hybridized carbons (Fsp3) is 0.333. The smallest absolute Gasteiger partial charge is 0.355 e. The van der Waals surface area contributed by atoms with Crippen molar-refractivity contribution in [3.05, 3.63) is 101 Å². The Kier molecular flexibility index (Phi) is 11.4. The van der Waals surface area contributed by atoms with E-state index in [-0.39, 0.29) is 43.9 Å². The number of nitrogens with one attached hydrogen (secondary N) is 1. The average Bonchev–Trinajstić information content (AvgIpc) is 2.93. The molecule has 3 aromatic carbocycles. The third-order valence-electron chi connectivity index (χ3n) is 6.53. The molecule has 0 aliphatic heterocycles. The first kappa shape index (κ1) is 32.9. The number of halogens is 4. The molecule has 0 fully saturated rings. The second-order valence-electron chi connectivity index (χ2n) is 9.70. The number of rotatable bonds is 13.